The molecule has 4 atom stereocenters. The number of ether oxygens (including phenoxy) is 2. The molecule has 2 amide bonds. The molecule has 0 unspecified atom stereocenters. The van der Waals surface area contributed by atoms with Crippen LogP contribution in [0, 0.1) is 5.92 Å². The summed E-state index contributed by atoms with van der Waals surface area (Å²) in [6.45, 7) is 0.551. The van der Waals surface area contributed by atoms with Gasteiger partial charge in [0.2, 0.25) is 5.91 Å². The van der Waals surface area contributed by atoms with Gasteiger partial charge in [0, 0.05) is 25.4 Å². The highest BCUT2D eigenvalue weighted by atomic mass is 16.5. The largest absolute Gasteiger partial charge is 0.480 e. The summed E-state index contributed by atoms with van der Waals surface area (Å²) in [7, 11) is 0. The Hall–Kier alpha value is -3.43. The number of likely N-dealkylation sites (tertiary alicyclic amines) is 1. The number of aliphatic carboxylic acids is 1. The summed E-state index contributed by atoms with van der Waals surface area (Å²) in [4.78, 5) is 37.8. The molecule has 3 aliphatic rings. The second-order valence-electron chi connectivity index (χ2n) is 9.33. The van der Waals surface area contributed by atoms with Gasteiger partial charge < -0.3 is 29.9 Å². The maximum atomic E-state index is 12.8. The maximum absolute atomic E-state index is 12.8. The van der Waals surface area contributed by atoms with Crippen LogP contribution in [0.5, 0.6) is 0 Å². The zero-order chi connectivity index (χ0) is 24.5. The van der Waals surface area contributed by atoms with E-state index < -0.39 is 30.1 Å². The van der Waals surface area contributed by atoms with Gasteiger partial charge in [-0.2, -0.15) is 0 Å². The van der Waals surface area contributed by atoms with E-state index in [9.17, 15) is 24.6 Å². The highest BCUT2D eigenvalue weighted by Gasteiger charge is 2.43. The Labute approximate surface area is 202 Å². The summed E-state index contributed by atoms with van der Waals surface area (Å²) < 4.78 is 11.2. The molecule has 0 radical (unpaired) electrons. The topological polar surface area (TPSA) is 125 Å². The van der Waals surface area contributed by atoms with Crippen molar-refractivity contribution in [3.63, 3.8) is 0 Å². The fraction of sp³-hybridized carbons (Fsp3) is 0.423. The normalized spacial score (nSPS) is 25.2. The Morgan fingerprint density at radius 3 is 2.34 bits per heavy atom. The summed E-state index contributed by atoms with van der Waals surface area (Å²) in [6.07, 6.45) is -1.38. The molecule has 1 aliphatic carbocycles. The Morgan fingerprint density at radius 1 is 1.03 bits per heavy atom. The van der Waals surface area contributed by atoms with Crippen LogP contribution >= 0.6 is 0 Å². The third-order valence-electron chi connectivity index (χ3n) is 7.09. The predicted molar refractivity (Wildman–Crippen MR) is 125 cm³/mol. The van der Waals surface area contributed by atoms with Crippen LogP contribution < -0.4 is 5.32 Å². The number of hydrogen-bond acceptors (Lipinski definition) is 6. The zero-order valence-electron chi connectivity index (χ0n) is 19.1. The van der Waals surface area contributed by atoms with Gasteiger partial charge in [-0.25, -0.2) is 9.59 Å². The molecule has 0 bridgehead atoms. The first-order valence-electron chi connectivity index (χ1n) is 11.8. The van der Waals surface area contributed by atoms with E-state index in [1.807, 2.05) is 24.3 Å². The lowest BCUT2D eigenvalue weighted by Gasteiger charge is -2.23. The molecule has 184 valence electrons. The van der Waals surface area contributed by atoms with Crippen molar-refractivity contribution in [1.29, 1.82) is 0 Å². The van der Waals surface area contributed by atoms with E-state index in [4.69, 9.17) is 9.47 Å². The van der Waals surface area contributed by atoms with Crippen LogP contribution in [0.1, 0.15) is 29.9 Å². The van der Waals surface area contributed by atoms with Gasteiger partial charge in [0.15, 0.2) is 0 Å². The molecular formula is C26H28N2O7. The van der Waals surface area contributed by atoms with Crippen LogP contribution in [0.25, 0.3) is 11.1 Å². The van der Waals surface area contributed by atoms with Crippen LogP contribution in [-0.4, -0.2) is 77.6 Å². The number of fused-ring (bicyclic) bond motifs is 3. The van der Waals surface area contributed by atoms with Crippen LogP contribution in [0.3, 0.4) is 0 Å². The van der Waals surface area contributed by atoms with Crippen LogP contribution in [-0.2, 0) is 19.1 Å². The van der Waals surface area contributed by atoms with Crippen molar-refractivity contribution >= 4 is 18.0 Å². The van der Waals surface area contributed by atoms with E-state index in [0.29, 0.717) is 6.42 Å². The number of carboxylic acids is 1. The number of aliphatic hydroxyl groups is 1. The molecule has 2 aromatic carbocycles. The molecule has 2 heterocycles. The van der Waals surface area contributed by atoms with Crippen molar-refractivity contribution in [2.75, 3.05) is 26.3 Å². The van der Waals surface area contributed by atoms with E-state index in [1.54, 1.807) is 0 Å². The summed E-state index contributed by atoms with van der Waals surface area (Å²) >= 11 is 0. The molecule has 5 rings (SSSR count). The summed E-state index contributed by atoms with van der Waals surface area (Å²) in [5.74, 6) is -1.99. The van der Waals surface area contributed by atoms with Crippen molar-refractivity contribution in [2.24, 2.45) is 5.92 Å². The zero-order valence-corrected chi connectivity index (χ0v) is 19.1. The number of carbonyl (C=O) groups excluding carboxylic acids is 2. The molecule has 9 nitrogen and oxygen atoms in total. The lowest BCUT2D eigenvalue weighted by molar-refractivity contribution is -0.149. The Balaban J connectivity index is 1.11. The van der Waals surface area contributed by atoms with Crippen molar-refractivity contribution in [1.82, 2.24) is 10.2 Å². The van der Waals surface area contributed by atoms with E-state index in [0.717, 1.165) is 22.3 Å². The number of hydrogen-bond donors (Lipinski definition) is 3. The number of aliphatic hydroxyl groups excluding tert-OH is 1. The second kappa shape index (κ2) is 9.67. The molecule has 0 spiro atoms. The van der Waals surface area contributed by atoms with Crippen molar-refractivity contribution < 1.29 is 34.1 Å². The third-order valence-corrected chi connectivity index (χ3v) is 7.09. The maximum Gasteiger partial charge on any atom is 0.407 e. The van der Waals surface area contributed by atoms with E-state index in [2.05, 4.69) is 29.6 Å². The molecule has 9 heteroatoms. The monoisotopic (exact) mass is 480 g/mol. The molecule has 2 fully saturated rings. The molecule has 0 aromatic heterocycles. The van der Waals surface area contributed by atoms with E-state index in [1.165, 1.54) is 4.90 Å². The first-order valence-corrected chi connectivity index (χ1v) is 11.8. The Morgan fingerprint density at radius 2 is 1.69 bits per heavy atom. The molecule has 2 aromatic rings. The fourth-order valence-corrected chi connectivity index (χ4v) is 5.39. The molecule has 2 aliphatic heterocycles. The van der Waals surface area contributed by atoms with Gasteiger partial charge in [0.1, 0.15) is 12.6 Å². The van der Waals surface area contributed by atoms with Gasteiger partial charge in [0.25, 0.3) is 0 Å². The summed E-state index contributed by atoms with van der Waals surface area (Å²) in [5.41, 5.74) is 4.58. The Kier molecular flexibility index (Phi) is 6.44. The van der Waals surface area contributed by atoms with Crippen LogP contribution in [0.2, 0.25) is 0 Å². The second-order valence-corrected chi connectivity index (χ2v) is 9.33. The van der Waals surface area contributed by atoms with E-state index >= 15 is 0 Å². The van der Waals surface area contributed by atoms with Crippen molar-refractivity contribution in [3.05, 3.63) is 59.7 Å². The minimum absolute atomic E-state index is 0.00890. The van der Waals surface area contributed by atoms with Gasteiger partial charge in [-0.05, 0) is 28.7 Å². The number of amides is 2. The lowest BCUT2D eigenvalue weighted by Crippen LogP contribution is -2.44. The number of alkyl carbamates (subject to hydrolysis) is 1. The smallest absolute Gasteiger partial charge is 0.407 e. The van der Waals surface area contributed by atoms with Gasteiger partial charge in [0.05, 0.1) is 24.7 Å². The average Bonchev–Trinajstić information content (AvgIpc) is 3.57. The van der Waals surface area contributed by atoms with Gasteiger partial charge >= 0.3 is 12.1 Å². The number of benzene rings is 2. The molecular weight excluding hydrogens is 452 g/mol. The minimum Gasteiger partial charge on any atom is -0.480 e. The SMILES string of the molecule is O=C(NC[C@@H]1C[C@H](C(=O)N2C[C@@H](O)C[C@H]2C(=O)O)CO1)OCC1c2ccccc2-c2ccccc21. The number of nitrogens with one attached hydrogen (secondary N) is 1. The summed E-state index contributed by atoms with van der Waals surface area (Å²) in [5, 5.41) is 21.8. The van der Waals surface area contributed by atoms with Crippen molar-refractivity contribution in [2.45, 2.75) is 37.0 Å². The van der Waals surface area contributed by atoms with Crippen LogP contribution in [0.4, 0.5) is 4.79 Å². The van der Waals surface area contributed by atoms with Gasteiger partial charge in [-0.1, -0.05) is 48.5 Å². The minimum atomic E-state index is -1.12. The number of carboxylic acid groups (broad SMARTS) is 1. The average molecular weight is 481 g/mol. The Bertz CT molecular complexity index is 1090. The van der Waals surface area contributed by atoms with Gasteiger partial charge in [-0.3, -0.25) is 4.79 Å². The fourth-order valence-electron chi connectivity index (χ4n) is 5.39. The number of rotatable bonds is 6. The number of carbonyl (C=O) groups is 3. The number of nitrogens with zero attached hydrogens (tertiary/aromatic N) is 1. The molecule has 35 heavy (non-hydrogen) atoms. The first-order chi connectivity index (χ1) is 16.9. The standard InChI is InChI=1S/C26H28N2O7/c29-16-10-23(25(31)32)28(12-16)24(30)15-9-17(34-13-15)11-27-26(33)35-14-22-20-7-3-1-5-18(20)19-6-2-4-8-21(19)22/h1-8,15-17,22-23,29H,9-14H2,(H,27,33)(H,31,32)/t15-,16-,17-,23-/m0/s1. The third kappa shape index (κ3) is 4.61. The predicted octanol–water partition coefficient (Wildman–Crippen LogP) is 1.98. The summed E-state index contributed by atoms with van der Waals surface area (Å²) in [6, 6.07) is 15.2. The highest BCUT2D eigenvalue weighted by molar-refractivity contribution is 5.86. The van der Waals surface area contributed by atoms with Gasteiger partial charge in [-0.15, -0.1) is 0 Å². The number of β-amino-alcohol motifs (C(OH)–C–C–N with tert-alkyl or cyclic N) is 1. The van der Waals surface area contributed by atoms with Crippen molar-refractivity contribution in [3.8, 4) is 11.1 Å². The first kappa shape index (κ1) is 23.3. The molecule has 3 N–H and O–H groups in total. The quantitative estimate of drug-likeness (QED) is 0.577. The molecule has 0 saturated carbocycles. The van der Waals surface area contributed by atoms with E-state index in [-0.39, 0.29) is 50.7 Å². The molecule has 2 saturated heterocycles. The van der Waals surface area contributed by atoms with Crippen LogP contribution in [0.15, 0.2) is 48.5 Å². The highest BCUT2D eigenvalue weighted by Crippen LogP contribution is 2.44. The lowest BCUT2D eigenvalue weighted by atomic mass is 9.98.